The van der Waals surface area contributed by atoms with Gasteiger partial charge in [-0.3, -0.25) is 4.79 Å². The Morgan fingerprint density at radius 2 is 1.85 bits per heavy atom. The van der Waals surface area contributed by atoms with Crippen LogP contribution in [0, 0.1) is 0 Å². The standard InChI is InChI=1S/C21H25NO4/c1-4-14-26-19-12-10-16(15-20(19)24-3)11-13-21(23)22-17-8-6-7-9-18(17)25-5-2/h6-13,15H,4-5,14H2,1-3H3,(H,22,23)/b13-11+. The van der Waals surface area contributed by atoms with Gasteiger partial charge in [0.25, 0.3) is 0 Å². The van der Waals surface area contributed by atoms with E-state index in [1.165, 1.54) is 6.08 Å². The Bertz CT molecular complexity index is 755. The lowest BCUT2D eigenvalue weighted by molar-refractivity contribution is -0.111. The van der Waals surface area contributed by atoms with Gasteiger partial charge >= 0.3 is 0 Å². The zero-order valence-corrected chi connectivity index (χ0v) is 15.5. The lowest BCUT2D eigenvalue weighted by atomic mass is 10.2. The van der Waals surface area contributed by atoms with Crippen molar-refractivity contribution < 1.29 is 19.0 Å². The summed E-state index contributed by atoms with van der Waals surface area (Å²) in [4.78, 5) is 12.2. The van der Waals surface area contributed by atoms with E-state index in [2.05, 4.69) is 5.32 Å². The molecule has 0 saturated heterocycles. The summed E-state index contributed by atoms with van der Waals surface area (Å²) in [6.07, 6.45) is 4.13. The molecule has 5 nitrogen and oxygen atoms in total. The van der Waals surface area contributed by atoms with E-state index in [0.29, 0.717) is 36.1 Å². The van der Waals surface area contributed by atoms with E-state index in [9.17, 15) is 4.79 Å². The van der Waals surface area contributed by atoms with Gasteiger partial charge in [-0.15, -0.1) is 0 Å². The number of carbonyl (C=O) groups excluding carboxylic acids is 1. The van der Waals surface area contributed by atoms with Gasteiger partial charge in [0.1, 0.15) is 5.75 Å². The number of para-hydroxylation sites is 2. The topological polar surface area (TPSA) is 56.8 Å². The number of hydrogen-bond donors (Lipinski definition) is 1. The minimum atomic E-state index is -0.234. The Morgan fingerprint density at radius 3 is 2.58 bits per heavy atom. The molecular weight excluding hydrogens is 330 g/mol. The summed E-state index contributed by atoms with van der Waals surface area (Å²) in [5.41, 5.74) is 1.49. The number of hydrogen-bond acceptors (Lipinski definition) is 4. The van der Waals surface area contributed by atoms with E-state index < -0.39 is 0 Å². The van der Waals surface area contributed by atoms with Crippen LogP contribution in [-0.2, 0) is 4.79 Å². The van der Waals surface area contributed by atoms with Crippen molar-refractivity contribution in [1.82, 2.24) is 0 Å². The zero-order valence-electron chi connectivity index (χ0n) is 15.5. The van der Waals surface area contributed by atoms with Gasteiger partial charge in [0.15, 0.2) is 11.5 Å². The molecule has 1 N–H and O–H groups in total. The van der Waals surface area contributed by atoms with Gasteiger partial charge in [0.05, 0.1) is 26.0 Å². The van der Waals surface area contributed by atoms with Crippen LogP contribution in [-0.4, -0.2) is 26.2 Å². The quantitative estimate of drug-likeness (QED) is 0.671. The average Bonchev–Trinajstić information content (AvgIpc) is 2.66. The fraction of sp³-hybridized carbons (Fsp3) is 0.286. The molecule has 0 aromatic heterocycles. The van der Waals surface area contributed by atoms with Crippen LogP contribution < -0.4 is 19.5 Å². The Balaban J connectivity index is 2.06. The molecule has 0 bridgehead atoms. The van der Waals surface area contributed by atoms with E-state index in [1.54, 1.807) is 19.3 Å². The highest BCUT2D eigenvalue weighted by Gasteiger charge is 2.06. The molecule has 0 aliphatic carbocycles. The highest BCUT2D eigenvalue weighted by Crippen LogP contribution is 2.29. The highest BCUT2D eigenvalue weighted by molar-refractivity contribution is 6.02. The minimum absolute atomic E-state index is 0.234. The Hall–Kier alpha value is -2.95. The monoisotopic (exact) mass is 355 g/mol. The number of rotatable bonds is 9. The van der Waals surface area contributed by atoms with Crippen molar-refractivity contribution in [3.05, 3.63) is 54.1 Å². The van der Waals surface area contributed by atoms with Crippen LogP contribution in [0.3, 0.4) is 0 Å². The normalized spacial score (nSPS) is 10.6. The Labute approximate surface area is 154 Å². The molecule has 0 atom stereocenters. The van der Waals surface area contributed by atoms with E-state index in [-0.39, 0.29) is 5.91 Å². The van der Waals surface area contributed by atoms with Crippen molar-refractivity contribution in [2.75, 3.05) is 25.6 Å². The van der Waals surface area contributed by atoms with Crippen molar-refractivity contribution in [2.24, 2.45) is 0 Å². The maximum absolute atomic E-state index is 12.2. The number of amides is 1. The van der Waals surface area contributed by atoms with Gasteiger partial charge in [-0.25, -0.2) is 0 Å². The summed E-state index contributed by atoms with van der Waals surface area (Å²) >= 11 is 0. The smallest absolute Gasteiger partial charge is 0.248 e. The molecule has 0 fully saturated rings. The second-order valence-electron chi connectivity index (χ2n) is 5.51. The largest absolute Gasteiger partial charge is 0.493 e. The summed E-state index contributed by atoms with van der Waals surface area (Å²) in [7, 11) is 1.60. The summed E-state index contributed by atoms with van der Waals surface area (Å²) in [5.74, 6) is 1.75. The lowest BCUT2D eigenvalue weighted by Gasteiger charge is -2.11. The van der Waals surface area contributed by atoms with Crippen LogP contribution in [0.1, 0.15) is 25.8 Å². The van der Waals surface area contributed by atoms with Crippen molar-refractivity contribution in [1.29, 1.82) is 0 Å². The van der Waals surface area contributed by atoms with Gasteiger partial charge in [-0.05, 0) is 49.2 Å². The lowest BCUT2D eigenvalue weighted by Crippen LogP contribution is -2.09. The molecule has 0 radical (unpaired) electrons. The van der Waals surface area contributed by atoms with Crippen LogP contribution in [0.2, 0.25) is 0 Å². The Kier molecular flexibility index (Phi) is 7.55. The van der Waals surface area contributed by atoms with Crippen LogP contribution in [0.15, 0.2) is 48.5 Å². The molecule has 0 spiro atoms. The maximum atomic E-state index is 12.2. The molecule has 0 aliphatic heterocycles. The van der Waals surface area contributed by atoms with Gasteiger partial charge < -0.3 is 19.5 Å². The molecule has 0 heterocycles. The first kappa shape index (κ1) is 19.4. The van der Waals surface area contributed by atoms with Gasteiger partial charge in [-0.2, -0.15) is 0 Å². The number of nitrogens with one attached hydrogen (secondary N) is 1. The molecule has 0 aliphatic rings. The first-order valence-corrected chi connectivity index (χ1v) is 8.69. The molecule has 1 amide bonds. The van der Waals surface area contributed by atoms with Gasteiger partial charge in [0, 0.05) is 6.08 Å². The molecule has 138 valence electrons. The van der Waals surface area contributed by atoms with E-state index in [4.69, 9.17) is 14.2 Å². The van der Waals surface area contributed by atoms with Crippen molar-refractivity contribution in [2.45, 2.75) is 20.3 Å². The number of methoxy groups -OCH3 is 1. The third kappa shape index (κ3) is 5.55. The van der Waals surface area contributed by atoms with E-state index in [0.717, 1.165) is 12.0 Å². The molecule has 2 rings (SSSR count). The van der Waals surface area contributed by atoms with E-state index >= 15 is 0 Å². The van der Waals surface area contributed by atoms with Gasteiger partial charge in [0.2, 0.25) is 5.91 Å². The average molecular weight is 355 g/mol. The van der Waals surface area contributed by atoms with Gasteiger partial charge in [-0.1, -0.05) is 25.1 Å². The number of anilines is 1. The number of ether oxygens (including phenoxy) is 3. The van der Waals surface area contributed by atoms with Crippen molar-refractivity contribution >= 4 is 17.7 Å². The molecular formula is C21H25NO4. The number of carbonyl (C=O) groups is 1. The van der Waals surface area contributed by atoms with Crippen LogP contribution in [0.25, 0.3) is 6.08 Å². The minimum Gasteiger partial charge on any atom is -0.493 e. The predicted octanol–water partition coefficient (Wildman–Crippen LogP) is 4.53. The Morgan fingerprint density at radius 1 is 1.04 bits per heavy atom. The van der Waals surface area contributed by atoms with Crippen molar-refractivity contribution in [3.8, 4) is 17.2 Å². The number of benzene rings is 2. The second-order valence-corrected chi connectivity index (χ2v) is 5.51. The summed E-state index contributed by atoms with van der Waals surface area (Å²) in [6.45, 7) is 5.12. The molecule has 2 aromatic carbocycles. The molecule has 26 heavy (non-hydrogen) atoms. The fourth-order valence-electron chi connectivity index (χ4n) is 2.32. The third-order valence-corrected chi connectivity index (χ3v) is 3.52. The van der Waals surface area contributed by atoms with Crippen LogP contribution >= 0.6 is 0 Å². The second kappa shape index (κ2) is 10.1. The molecule has 2 aromatic rings. The zero-order chi connectivity index (χ0) is 18.8. The first-order valence-electron chi connectivity index (χ1n) is 8.69. The van der Waals surface area contributed by atoms with Crippen LogP contribution in [0.4, 0.5) is 5.69 Å². The third-order valence-electron chi connectivity index (χ3n) is 3.52. The summed E-state index contributed by atoms with van der Waals surface area (Å²) in [6, 6.07) is 12.9. The fourth-order valence-corrected chi connectivity index (χ4v) is 2.32. The van der Waals surface area contributed by atoms with Crippen LogP contribution in [0.5, 0.6) is 17.2 Å². The van der Waals surface area contributed by atoms with E-state index in [1.807, 2.05) is 50.2 Å². The maximum Gasteiger partial charge on any atom is 0.248 e. The molecule has 0 saturated carbocycles. The van der Waals surface area contributed by atoms with Crippen molar-refractivity contribution in [3.63, 3.8) is 0 Å². The summed E-state index contributed by atoms with van der Waals surface area (Å²) in [5, 5.41) is 2.83. The highest BCUT2D eigenvalue weighted by atomic mass is 16.5. The molecule has 5 heteroatoms. The predicted molar refractivity (Wildman–Crippen MR) is 104 cm³/mol. The molecule has 0 unspecified atom stereocenters. The summed E-state index contributed by atoms with van der Waals surface area (Å²) < 4.78 is 16.5. The first-order chi connectivity index (χ1) is 12.7. The SMILES string of the molecule is CCCOc1ccc(/C=C/C(=O)Nc2ccccc2OCC)cc1OC.